The number of nitrogens with one attached hydrogen (secondary N) is 1. The van der Waals surface area contributed by atoms with Gasteiger partial charge in [-0.2, -0.15) is 0 Å². The first-order chi connectivity index (χ1) is 9.74. The molecule has 0 bridgehead atoms. The van der Waals surface area contributed by atoms with Crippen LogP contribution in [0.2, 0.25) is 0 Å². The van der Waals surface area contributed by atoms with Gasteiger partial charge >= 0.3 is 0 Å². The highest BCUT2D eigenvalue weighted by Gasteiger charge is 1.98. The summed E-state index contributed by atoms with van der Waals surface area (Å²) in [6.45, 7) is 5.02. The standard InChI is InChI=1S/C17H21NOS/c1-14(2)19-16-10-8-15(9-11-16)18-12-13-20-17-6-4-3-5-7-17/h3-11,14,18H,12-13H2,1-2H3. The lowest BCUT2D eigenvalue weighted by Gasteiger charge is -2.11. The van der Waals surface area contributed by atoms with Gasteiger partial charge in [-0.3, -0.25) is 0 Å². The minimum Gasteiger partial charge on any atom is -0.491 e. The maximum atomic E-state index is 5.62. The fourth-order valence-electron chi connectivity index (χ4n) is 1.80. The Morgan fingerprint density at radius 2 is 1.70 bits per heavy atom. The molecule has 0 heterocycles. The van der Waals surface area contributed by atoms with Crippen LogP contribution in [0.15, 0.2) is 59.5 Å². The van der Waals surface area contributed by atoms with E-state index in [9.17, 15) is 0 Å². The van der Waals surface area contributed by atoms with Crippen LogP contribution >= 0.6 is 11.8 Å². The van der Waals surface area contributed by atoms with Crippen molar-refractivity contribution >= 4 is 17.4 Å². The predicted octanol–water partition coefficient (Wildman–Crippen LogP) is 4.68. The third-order valence-electron chi connectivity index (χ3n) is 2.67. The van der Waals surface area contributed by atoms with Crippen molar-refractivity contribution in [3.05, 3.63) is 54.6 Å². The zero-order chi connectivity index (χ0) is 14.2. The van der Waals surface area contributed by atoms with Crippen molar-refractivity contribution < 1.29 is 4.74 Å². The summed E-state index contributed by atoms with van der Waals surface area (Å²) < 4.78 is 5.62. The van der Waals surface area contributed by atoms with E-state index < -0.39 is 0 Å². The molecule has 0 aliphatic carbocycles. The monoisotopic (exact) mass is 287 g/mol. The van der Waals surface area contributed by atoms with Gasteiger partial charge in [0.2, 0.25) is 0 Å². The molecule has 0 spiro atoms. The van der Waals surface area contributed by atoms with Gasteiger partial charge in [-0.15, -0.1) is 11.8 Å². The fourth-order valence-corrected chi connectivity index (χ4v) is 2.59. The molecule has 0 fully saturated rings. The molecule has 0 atom stereocenters. The molecule has 106 valence electrons. The number of anilines is 1. The van der Waals surface area contributed by atoms with Crippen LogP contribution in [-0.2, 0) is 0 Å². The van der Waals surface area contributed by atoms with Crippen LogP contribution < -0.4 is 10.1 Å². The Kier molecular flexibility index (Phi) is 5.81. The highest BCUT2D eigenvalue weighted by atomic mass is 32.2. The lowest BCUT2D eigenvalue weighted by Crippen LogP contribution is -2.06. The molecule has 0 amide bonds. The zero-order valence-corrected chi connectivity index (χ0v) is 12.8. The average molecular weight is 287 g/mol. The Hall–Kier alpha value is -1.61. The van der Waals surface area contributed by atoms with Gasteiger partial charge in [0, 0.05) is 22.9 Å². The minimum atomic E-state index is 0.219. The molecule has 0 radical (unpaired) electrons. The summed E-state index contributed by atoms with van der Waals surface area (Å²) in [5.41, 5.74) is 1.13. The first-order valence-electron chi connectivity index (χ1n) is 6.92. The molecule has 0 unspecified atom stereocenters. The number of hydrogen-bond donors (Lipinski definition) is 1. The van der Waals surface area contributed by atoms with E-state index in [1.165, 1.54) is 4.90 Å². The Labute approximate surface area is 125 Å². The highest BCUT2D eigenvalue weighted by Crippen LogP contribution is 2.19. The summed E-state index contributed by atoms with van der Waals surface area (Å²) >= 11 is 1.86. The van der Waals surface area contributed by atoms with Crippen molar-refractivity contribution in [2.45, 2.75) is 24.8 Å². The van der Waals surface area contributed by atoms with Crippen LogP contribution in [0.4, 0.5) is 5.69 Å². The van der Waals surface area contributed by atoms with Crippen molar-refractivity contribution in [1.29, 1.82) is 0 Å². The van der Waals surface area contributed by atoms with Crippen LogP contribution in [-0.4, -0.2) is 18.4 Å². The SMILES string of the molecule is CC(C)Oc1ccc(NCCSc2ccccc2)cc1. The number of thioether (sulfide) groups is 1. The molecule has 0 saturated carbocycles. The fraction of sp³-hybridized carbons (Fsp3) is 0.294. The van der Waals surface area contributed by atoms with Gasteiger partial charge < -0.3 is 10.1 Å². The van der Waals surface area contributed by atoms with Crippen LogP contribution in [0.3, 0.4) is 0 Å². The van der Waals surface area contributed by atoms with E-state index in [0.29, 0.717) is 0 Å². The summed E-state index contributed by atoms with van der Waals surface area (Å²) in [6.07, 6.45) is 0.219. The maximum Gasteiger partial charge on any atom is 0.119 e. The quantitative estimate of drug-likeness (QED) is 0.590. The van der Waals surface area contributed by atoms with E-state index in [2.05, 4.69) is 41.7 Å². The number of benzene rings is 2. The van der Waals surface area contributed by atoms with E-state index in [0.717, 1.165) is 23.7 Å². The minimum absolute atomic E-state index is 0.219. The molecule has 2 aromatic rings. The van der Waals surface area contributed by atoms with Crippen molar-refractivity contribution in [1.82, 2.24) is 0 Å². The third-order valence-corrected chi connectivity index (χ3v) is 3.68. The number of hydrogen-bond acceptors (Lipinski definition) is 3. The molecule has 0 aliphatic rings. The Morgan fingerprint density at radius 1 is 1.00 bits per heavy atom. The topological polar surface area (TPSA) is 21.3 Å². The lowest BCUT2D eigenvalue weighted by atomic mass is 10.3. The van der Waals surface area contributed by atoms with Gasteiger partial charge in [0.1, 0.15) is 5.75 Å². The van der Waals surface area contributed by atoms with E-state index in [1.54, 1.807) is 0 Å². The molecule has 0 aliphatic heterocycles. The molecular formula is C17H21NOS. The summed E-state index contributed by atoms with van der Waals surface area (Å²) in [5.74, 6) is 1.97. The molecular weight excluding hydrogens is 266 g/mol. The second-order valence-corrected chi connectivity index (χ2v) is 5.95. The van der Waals surface area contributed by atoms with Crippen molar-refractivity contribution in [3.8, 4) is 5.75 Å². The van der Waals surface area contributed by atoms with Gasteiger partial charge in [-0.25, -0.2) is 0 Å². The van der Waals surface area contributed by atoms with Crippen molar-refractivity contribution in [2.24, 2.45) is 0 Å². The zero-order valence-electron chi connectivity index (χ0n) is 12.0. The van der Waals surface area contributed by atoms with Crippen LogP contribution in [0, 0.1) is 0 Å². The molecule has 2 rings (SSSR count). The predicted molar refractivity (Wildman–Crippen MR) is 87.9 cm³/mol. The van der Waals surface area contributed by atoms with Crippen LogP contribution in [0.25, 0.3) is 0 Å². The van der Waals surface area contributed by atoms with E-state index in [4.69, 9.17) is 4.74 Å². The van der Waals surface area contributed by atoms with E-state index >= 15 is 0 Å². The number of rotatable bonds is 7. The first kappa shape index (κ1) is 14.8. The molecule has 0 aromatic heterocycles. The van der Waals surface area contributed by atoms with Gasteiger partial charge in [0.15, 0.2) is 0 Å². The second-order valence-electron chi connectivity index (χ2n) is 4.78. The Morgan fingerprint density at radius 3 is 2.35 bits per heavy atom. The van der Waals surface area contributed by atoms with Gasteiger partial charge in [0.05, 0.1) is 6.10 Å². The molecule has 2 aromatic carbocycles. The van der Waals surface area contributed by atoms with E-state index in [-0.39, 0.29) is 6.10 Å². The molecule has 1 N–H and O–H groups in total. The normalized spacial score (nSPS) is 10.6. The van der Waals surface area contributed by atoms with Crippen LogP contribution in [0.5, 0.6) is 5.75 Å². The molecule has 20 heavy (non-hydrogen) atoms. The molecule has 3 heteroatoms. The largest absolute Gasteiger partial charge is 0.491 e. The Balaban J connectivity index is 1.71. The van der Waals surface area contributed by atoms with Gasteiger partial charge in [0.25, 0.3) is 0 Å². The van der Waals surface area contributed by atoms with Gasteiger partial charge in [-0.05, 0) is 50.2 Å². The van der Waals surface area contributed by atoms with Gasteiger partial charge in [-0.1, -0.05) is 18.2 Å². The number of ether oxygens (including phenoxy) is 1. The third kappa shape index (κ3) is 5.17. The lowest BCUT2D eigenvalue weighted by molar-refractivity contribution is 0.242. The molecule has 0 saturated heterocycles. The summed E-state index contributed by atoms with van der Waals surface area (Å²) in [7, 11) is 0. The molecule has 2 nitrogen and oxygen atoms in total. The van der Waals surface area contributed by atoms with Crippen LogP contribution in [0.1, 0.15) is 13.8 Å². The Bertz CT molecular complexity index is 496. The smallest absolute Gasteiger partial charge is 0.119 e. The highest BCUT2D eigenvalue weighted by molar-refractivity contribution is 7.99. The van der Waals surface area contributed by atoms with Crippen molar-refractivity contribution in [2.75, 3.05) is 17.6 Å². The van der Waals surface area contributed by atoms with E-state index in [1.807, 2.05) is 43.8 Å². The second kappa shape index (κ2) is 7.85. The van der Waals surface area contributed by atoms with Crippen molar-refractivity contribution in [3.63, 3.8) is 0 Å². The summed E-state index contributed by atoms with van der Waals surface area (Å²) in [6, 6.07) is 18.6. The summed E-state index contributed by atoms with van der Waals surface area (Å²) in [5, 5.41) is 3.42. The first-order valence-corrected chi connectivity index (χ1v) is 7.91. The summed E-state index contributed by atoms with van der Waals surface area (Å²) in [4.78, 5) is 1.31. The maximum absolute atomic E-state index is 5.62. The average Bonchev–Trinajstić information content (AvgIpc) is 2.46.